The van der Waals surface area contributed by atoms with Crippen LogP contribution in [0.2, 0.25) is 0 Å². The van der Waals surface area contributed by atoms with E-state index < -0.39 is 0 Å². The summed E-state index contributed by atoms with van der Waals surface area (Å²) in [6.07, 6.45) is 0. The molecule has 0 saturated heterocycles. The summed E-state index contributed by atoms with van der Waals surface area (Å²) in [6.45, 7) is 9.02. The number of hydrogen-bond acceptors (Lipinski definition) is 4. The van der Waals surface area contributed by atoms with Gasteiger partial charge in [-0.25, -0.2) is 0 Å². The van der Waals surface area contributed by atoms with E-state index in [0.717, 1.165) is 25.4 Å². The smallest absolute Gasteiger partial charge is 0.251 e. The first kappa shape index (κ1) is 17.5. The largest absolute Gasteiger partial charge is 0.497 e. The van der Waals surface area contributed by atoms with Crippen LogP contribution < -0.4 is 10.1 Å². The van der Waals surface area contributed by atoms with Crippen molar-refractivity contribution < 1.29 is 14.3 Å². The summed E-state index contributed by atoms with van der Waals surface area (Å²) < 4.78 is 10.6. The number of likely N-dealkylation sites (N-methyl/N-ethyl adjacent to an activating group) is 1. The molecule has 0 aromatic heterocycles. The molecule has 21 heavy (non-hydrogen) atoms. The lowest BCUT2D eigenvalue weighted by Gasteiger charge is -2.17. The fraction of sp³-hybridized carbons (Fsp3) is 0.562. The zero-order chi connectivity index (χ0) is 15.5. The molecule has 0 fully saturated rings. The Morgan fingerprint density at radius 3 is 2.38 bits per heavy atom. The molecule has 0 heterocycles. The summed E-state index contributed by atoms with van der Waals surface area (Å²) >= 11 is 0. The monoisotopic (exact) mass is 294 g/mol. The van der Waals surface area contributed by atoms with Gasteiger partial charge in [0.2, 0.25) is 0 Å². The van der Waals surface area contributed by atoms with Crippen LogP contribution in [0, 0.1) is 0 Å². The number of benzene rings is 1. The van der Waals surface area contributed by atoms with Gasteiger partial charge in [-0.15, -0.1) is 0 Å². The summed E-state index contributed by atoms with van der Waals surface area (Å²) in [7, 11) is 1.60. The Bertz CT molecular complexity index is 402. The van der Waals surface area contributed by atoms with Gasteiger partial charge in [-0.2, -0.15) is 0 Å². The zero-order valence-corrected chi connectivity index (χ0v) is 13.2. The van der Waals surface area contributed by atoms with Gasteiger partial charge in [-0.05, 0) is 37.4 Å². The van der Waals surface area contributed by atoms with Gasteiger partial charge in [-0.3, -0.25) is 4.79 Å². The van der Waals surface area contributed by atoms with Gasteiger partial charge in [0.1, 0.15) is 5.75 Å². The van der Waals surface area contributed by atoms with Crippen molar-refractivity contribution in [2.45, 2.75) is 13.8 Å². The summed E-state index contributed by atoms with van der Waals surface area (Å²) in [4.78, 5) is 14.2. The number of nitrogens with one attached hydrogen (secondary N) is 1. The minimum Gasteiger partial charge on any atom is -0.497 e. The first-order valence-corrected chi connectivity index (χ1v) is 7.43. The van der Waals surface area contributed by atoms with E-state index in [1.165, 1.54) is 0 Å². The second-order valence-corrected chi connectivity index (χ2v) is 4.62. The van der Waals surface area contributed by atoms with Gasteiger partial charge in [0, 0.05) is 18.7 Å². The first-order chi connectivity index (χ1) is 10.2. The van der Waals surface area contributed by atoms with E-state index in [1.807, 2.05) is 0 Å². The maximum absolute atomic E-state index is 11.9. The number of amides is 1. The van der Waals surface area contributed by atoms with Crippen molar-refractivity contribution >= 4 is 5.91 Å². The lowest BCUT2D eigenvalue weighted by atomic mass is 10.2. The Hall–Kier alpha value is -1.59. The van der Waals surface area contributed by atoms with Crippen LogP contribution in [0.25, 0.3) is 0 Å². The van der Waals surface area contributed by atoms with Crippen molar-refractivity contribution in [3.63, 3.8) is 0 Å². The van der Waals surface area contributed by atoms with E-state index in [-0.39, 0.29) is 5.91 Å². The number of carbonyl (C=O) groups excluding carboxylic acids is 1. The molecule has 1 N–H and O–H groups in total. The zero-order valence-electron chi connectivity index (χ0n) is 13.2. The Labute approximate surface area is 127 Å². The van der Waals surface area contributed by atoms with E-state index in [0.29, 0.717) is 25.3 Å². The van der Waals surface area contributed by atoms with E-state index in [9.17, 15) is 4.79 Å². The minimum atomic E-state index is -0.0926. The molecule has 118 valence electrons. The number of rotatable bonds is 10. The van der Waals surface area contributed by atoms with Gasteiger partial charge in [-0.1, -0.05) is 13.8 Å². The van der Waals surface area contributed by atoms with Gasteiger partial charge < -0.3 is 19.7 Å². The van der Waals surface area contributed by atoms with Crippen molar-refractivity contribution in [2.75, 3.05) is 46.5 Å². The fourth-order valence-electron chi connectivity index (χ4n) is 1.92. The molecule has 0 radical (unpaired) electrons. The number of ether oxygens (including phenoxy) is 2. The van der Waals surface area contributed by atoms with Crippen molar-refractivity contribution in [3.05, 3.63) is 29.8 Å². The first-order valence-electron chi connectivity index (χ1n) is 7.43. The Morgan fingerprint density at radius 2 is 1.81 bits per heavy atom. The Kier molecular flexibility index (Phi) is 8.47. The highest BCUT2D eigenvalue weighted by Crippen LogP contribution is 2.10. The van der Waals surface area contributed by atoms with Crippen LogP contribution in [0.15, 0.2) is 24.3 Å². The minimum absolute atomic E-state index is 0.0926. The molecule has 1 amide bonds. The molecule has 0 aliphatic rings. The molecule has 1 aromatic rings. The Morgan fingerprint density at radius 1 is 1.14 bits per heavy atom. The molecule has 0 aliphatic carbocycles. The van der Waals surface area contributed by atoms with Crippen LogP contribution in [0.1, 0.15) is 24.2 Å². The number of methoxy groups -OCH3 is 1. The quantitative estimate of drug-likeness (QED) is 0.668. The maximum atomic E-state index is 11.9. The lowest BCUT2D eigenvalue weighted by molar-refractivity contribution is 0.0884. The van der Waals surface area contributed by atoms with Crippen molar-refractivity contribution in [1.82, 2.24) is 10.2 Å². The van der Waals surface area contributed by atoms with Crippen LogP contribution in [0.4, 0.5) is 0 Å². The standard InChI is InChI=1S/C16H26N2O3/c1-4-18(5-2)11-13-21-12-10-17-16(19)14-6-8-15(20-3)9-7-14/h6-9H,4-5,10-13H2,1-3H3,(H,17,19). The Balaban J connectivity index is 2.15. The summed E-state index contributed by atoms with van der Waals surface area (Å²) in [6, 6.07) is 7.04. The number of carbonyl (C=O) groups is 1. The highest BCUT2D eigenvalue weighted by molar-refractivity contribution is 5.94. The van der Waals surface area contributed by atoms with Crippen LogP contribution >= 0.6 is 0 Å². The average Bonchev–Trinajstić information content (AvgIpc) is 2.54. The van der Waals surface area contributed by atoms with Crippen LogP contribution in [-0.4, -0.2) is 57.3 Å². The van der Waals surface area contributed by atoms with Gasteiger partial charge in [0.25, 0.3) is 5.91 Å². The number of nitrogens with zero attached hydrogens (tertiary/aromatic N) is 1. The SMILES string of the molecule is CCN(CC)CCOCCNC(=O)c1ccc(OC)cc1. The molecule has 0 saturated carbocycles. The third-order valence-corrected chi connectivity index (χ3v) is 3.33. The predicted molar refractivity (Wildman–Crippen MR) is 83.9 cm³/mol. The normalized spacial score (nSPS) is 10.7. The topological polar surface area (TPSA) is 50.8 Å². The predicted octanol–water partition coefficient (Wildman–Crippen LogP) is 1.78. The van der Waals surface area contributed by atoms with E-state index in [4.69, 9.17) is 9.47 Å². The second kappa shape index (κ2) is 10.2. The second-order valence-electron chi connectivity index (χ2n) is 4.62. The van der Waals surface area contributed by atoms with E-state index in [1.54, 1.807) is 31.4 Å². The molecule has 0 unspecified atom stereocenters. The summed E-state index contributed by atoms with van der Waals surface area (Å²) in [5, 5.41) is 2.83. The van der Waals surface area contributed by atoms with Crippen LogP contribution in [0.3, 0.4) is 0 Å². The van der Waals surface area contributed by atoms with Crippen molar-refractivity contribution in [3.8, 4) is 5.75 Å². The molecule has 0 spiro atoms. The number of hydrogen-bond donors (Lipinski definition) is 1. The van der Waals surface area contributed by atoms with Crippen LogP contribution in [0.5, 0.6) is 5.75 Å². The van der Waals surface area contributed by atoms with Gasteiger partial charge in [0.05, 0.1) is 20.3 Å². The molecule has 0 atom stereocenters. The molecule has 1 rings (SSSR count). The lowest BCUT2D eigenvalue weighted by Crippen LogP contribution is -2.30. The van der Waals surface area contributed by atoms with E-state index in [2.05, 4.69) is 24.1 Å². The van der Waals surface area contributed by atoms with Crippen LogP contribution in [-0.2, 0) is 4.74 Å². The van der Waals surface area contributed by atoms with Crippen molar-refractivity contribution in [2.24, 2.45) is 0 Å². The molecule has 1 aromatic carbocycles. The molecule has 0 aliphatic heterocycles. The molecule has 0 bridgehead atoms. The third-order valence-electron chi connectivity index (χ3n) is 3.33. The summed E-state index contributed by atoms with van der Waals surface area (Å²) in [5.74, 6) is 0.649. The molecular formula is C16H26N2O3. The van der Waals surface area contributed by atoms with Gasteiger partial charge >= 0.3 is 0 Å². The third kappa shape index (κ3) is 6.60. The summed E-state index contributed by atoms with van der Waals surface area (Å²) in [5.41, 5.74) is 0.624. The average molecular weight is 294 g/mol. The fourth-order valence-corrected chi connectivity index (χ4v) is 1.92. The highest BCUT2D eigenvalue weighted by Gasteiger charge is 2.04. The van der Waals surface area contributed by atoms with Crippen molar-refractivity contribution in [1.29, 1.82) is 0 Å². The molecule has 5 heteroatoms. The highest BCUT2D eigenvalue weighted by atomic mass is 16.5. The van der Waals surface area contributed by atoms with E-state index >= 15 is 0 Å². The maximum Gasteiger partial charge on any atom is 0.251 e. The van der Waals surface area contributed by atoms with Gasteiger partial charge in [0.15, 0.2) is 0 Å². The molecule has 5 nitrogen and oxygen atoms in total. The molecular weight excluding hydrogens is 268 g/mol.